The van der Waals surface area contributed by atoms with Crippen molar-refractivity contribution in [3.63, 3.8) is 0 Å². The van der Waals surface area contributed by atoms with Gasteiger partial charge in [0.25, 0.3) is 0 Å². The first kappa shape index (κ1) is 27.4. The Balaban J connectivity index is 1.58. The first-order valence-electron chi connectivity index (χ1n) is 12.9. The van der Waals surface area contributed by atoms with Crippen molar-refractivity contribution in [2.45, 2.75) is 52.5 Å². The summed E-state index contributed by atoms with van der Waals surface area (Å²) in [4.78, 5) is 19.3. The van der Waals surface area contributed by atoms with Crippen LogP contribution in [0, 0.1) is 5.82 Å². The third-order valence-electron chi connectivity index (χ3n) is 6.07. The zero-order valence-electron chi connectivity index (χ0n) is 21.5. The molecule has 1 saturated heterocycles. The van der Waals surface area contributed by atoms with Crippen LogP contribution in [0.4, 0.5) is 4.39 Å². The number of nitrogens with zero attached hydrogens (tertiary/aromatic N) is 2. The van der Waals surface area contributed by atoms with E-state index >= 15 is 0 Å². The summed E-state index contributed by atoms with van der Waals surface area (Å²) >= 11 is 0. The minimum absolute atomic E-state index is 0.143. The summed E-state index contributed by atoms with van der Waals surface area (Å²) in [7, 11) is 0. The third-order valence-corrected chi connectivity index (χ3v) is 6.07. The number of hydrogen-bond donors (Lipinski definition) is 1. The van der Waals surface area contributed by atoms with E-state index in [4.69, 9.17) is 9.47 Å². The lowest BCUT2D eigenvalue weighted by Gasteiger charge is -2.26. The second-order valence-corrected chi connectivity index (χ2v) is 8.83. The van der Waals surface area contributed by atoms with Crippen molar-refractivity contribution >= 4 is 17.7 Å². The molecule has 1 fully saturated rings. The van der Waals surface area contributed by atoms with E-state index in [1.165, 1.54) is 31.4 Å². The lowest BCUT2D eigenvalue weighted by Crippen LogP contribution is -2.33. The zero-order chi connectivity index (χ0) is 25.6. The summed E-state index contributed by atoms with van der Waals surface area (Å²) in [6, 6.07) is 12.0. The van der Waals surface area contributed by atoms with Crippen LogP contribution in [0.2, 0.25) is 0 Å². The molecule has 6 nitrogen and oxygen atoms in total. The van der Waals surface area contributed by atoms with Crippen LogP contribution in [0.1, 0.15) is 57.1 Å². The van der Waals surface area contributed by atoms with Crippen LogP contribution in [-0.4, -0.2) is 49.4 Å². The van der Waals surface area contributed by atoms with Crippen molar-refractivity contribution in [1.29, 1.82) is 0 Å². The van der Waals surface area contributed by atoms with E-state index in [9.17, 15) is 9.18 Å². The summed E-state index contributed by atoms with van der Waals surface area (Å²) in [5, 5.41) is 2.83. The molecule has 1 heterocycles. The molecule has 1 N–H and O–H groups in total. The number of amides is 1. The molecule has 0 aliphatic carbocycles. The molecule has 2 aromatic rings. The summed E-state index contributed by atoms with van der Waals surface area (Å²) in [5.41, 5.74) is 2.40. The van der Waals surface area contributed by atoms with Gasteiger partial charge in [-0.05, 0) is 75.2 Å². The Bertz CT molecular complexity index is 1030. The predicted octanol–water partition coefficient (Wildman–Crippen LogP) is 5.62. The largest absolute Gasteiger partial charge is 0.494 e. The van der Waals surface area contributed by atoms with E-state index in [1.807, 2.05) is 38.1 Å². The lowest BCUT2D eigenvalue weighted by atomic mass is 10.1. The molecule has 1 aliphatic heterocycles. The average molecular weight is 496 g/mol. The van der Waals surface area contributed by atoms with E-state index in [2.05, 4.69) is 15.2 Å². The predicted molar refractivity (Wildman–Crippen MR) is 143 cm³/mol. The maximum atomic E-state index is 13.3. The van der Waals surface area contributed by atoms with Gasteiger partial charge in [0, 0.05) is 36.6 Å². The third kappa shape index (κ3) is 9.46. The SMILES string of the molecule is CCOc1ccc(/C=C/N=C(\CC)CC(=O)NCc2cccc(F)c2)c(OCCN2CCCCC2)c1. The first-order valence-corrected chi connectivity index (χ1v) is 12.9. The smallest absolute Gasteiger partial charge is 0.225 e. The number of likely N-dealkylation sites (tertiary alicyclic amines) is 1. The van der Waals surface area contributed by atoms with Crippen LogP contribution in [0.25, 0.3) is 6.08 Å². The van der Waals surface area contributed by atoms with Crippen molar-refractivity contribution in [3.05, 3.63) is 65.6 Å². The molecule has 0 atom stereocenters. The van der Waals surface area contributed by atoms with Crippen LogP contribution >= 0.6 is 0 Å². The van der Waals surface area contributed by atoms with Gasteiger partial charge in [-0.1, -0.05) is 25.5 Å². The van der Waals surface area contributed by atoms with Crippen LogP contribution in [0.5, 0.6) is 11.5 Å². The summed E-state index contributed by atoms with van der Waals surface area (Å²) in [6.07, 6.45) is 8.29. The lowest BCUT2D eigenvalue weighted by molar-refractivity contribution is -0.120. The number of carbonyl (C=O) groups is 1. The number of piperidine rings is 1. The monoisotopic (exact) mass is 495 g/mol. The molecule has 0 unspecified atom stereocenters. The average Bonchev–Trinajstić information content (AvgIpc) is 2.89. The number of benzene rings is 2. The number of ether oxygens (including phenoxy) is 2. The summed E-state index contributed by atoms with van der Waals surface area (Å²) < 4.78 is 25.1. The van der Waals surface area contributed by atoms with Gasteiger partial charge in [0.15, 0.2) is 0 Å². The molecular weight excluding hydrogens is 457 g/mol. The fraction of sp³-hybridized carbons (Fsp3) is 0.448. The topological polar surface area (TPSA) is 63.2 Å². The van der Waals surface area contributed by atoms with Crippen molar-refractivity contribution in [1.82, 2.24) is 10.2 Å². The van der Waals surface area contributed by atoms with Gasteiger partial charge in [0.2, 0.25) is 5.91 Å². The fourth-order valence-corrected chi connectivity index (χ4v) is 4.08. The van der Waals surface area contributed by atoms with E-state index in [1.54, 1.807) is 18.3 Å². The highest BCUT2D eigenvalue weighted by atomic mass is 19.1. The van der Waals surface area contributed by atoms with Crippen molar-refractivity contribution in [2.75, 3.05) is 32.8 Å². The molecule has 1 aliphatic rings. The molecule has 1 amide bonds. The Kier molecular flexibility index (Phi) is 11.4. The van der Waals surface area contributed by atoms with Gasteiger partial charge in [-0.3, -0.25) is 14.7 Å². The molecule has 194 valence electrons. The number of halogens is 1. The Morgan fingerprint density at radius 2 is 1.94 bits per heavy atom. The zero-order valence-corrected chi connectivity index (χ0v) is 21.5. The Morgan fingerprint density at radius 3 is 2.69 bits per heavy atom. The highest BCUT2D eigenvalue weighted by molar-refractivity contribution is 6.01. The molecule has 2 aromatic carbocycles. The molecule has 7 heteroatoms. The molecule has 0 radical (unpaired) electrons. The highest BCUT2D eigenvalue weighted by Crippen LogP contribution is 2.26. The molecule has 3 rings (SSSR count). The molecule has 0 bridgehead atoms. The first-order chi connectivity index (χ1) is 17.6. The van der Waals surface area contributed by atoms with E-state index in [0.717, 1.165) is 48.0 Å². The number of carbonyl (C=O) groups excluding carboxylic acids is 1. The second kappa shape index (κ2) is 15.0. The molecule has 36 heavy (non-hydrogen) atoms. The highest BCUT2D eigenvalue weighted by Gasteiger charge is 2.11. The van der Waals surface area contributed by atoms with Crippen molar-refractivity contribution in [2.24, 2.45) is 4.99 Å². The fourth-order valence-electron chi connectivity index (χ4n) is 4.08. The Hall–Kier alpha value is -3.19. The minimum atomic E-state index is -0.313. The van der Waals surface area contributed by atoms with Crippen LogP contribution in [0.3, 0.4) is 0 Å². The number of rotatable bonds is 13. The quantitative estimate of drug-likeness (QED) is 0.367. The van der Waals surface area contributed by atoms with Crippen LogP contribution in [-0.2, 0) is 11.3 Å². The van der Waals surface area contributed by atoms with Crippen molar-refractivity contribution in [3.8, 4) is 11.5 Å². The van der Waals surface area contributed by atoms with Gasteiger partial charge < -0.3 is 14.8 Å². The van der Waals surface area contributed by atoms with Crippen LogP contribution < -0.4 is 14.8 Å². The van der Waals surface area contributed by atoms with Gasteiger partial charge in [-0.15, -0.1) is 0 Å². The second-order valence-electron chi connectivity index (χ2n) is 8.83. The Morgan fingerprint density at radius 1 is 1.11 bits per heavy atom. The van der Waals surface area contributed by atoms with Gasteiger partial charge in [-0.25, -0.2) is 4.39 Å². The number of nitrogens with one attached hydrogen (secondary N) is 1. The standard InChI is InChI=1S/C29H38FN3O3/c1-3-26(20-29(34)32-22-23-9-8-10-25(30)19-23)31-14-13-24-11-12-27(35-4-2)21-28(24)36-18-17-33-15-6-5-7-16-33/h8-14,19,21H,3-7,15-18,20,22H2,1-2H3,(H,32,34)/b14-13+,31-26+. The normalized spacial score (nSPS) is 14.7. The molecular formula is C29H38FN3O3. The number of hydrogen-bond acceptors (Lipinski definition) is 5. The van der Waals surface area contributed by atoms with E-state index < -0.39 is 0 Å². The van der Waals surface area contributed by atoms with E-state index in [-0.39, 0.29) is 24.7 Å². The maximum Gasteiger partial charge on any atom is 0.225 e. The van der Waals surface area contributed by atoms with E-state index in [0.29, 0.717) is 19.6 Å². The summed E-state index contributed by atoms with van der Waals surface area (Å²) in [6.45, 7) is 8.61. The minimum Gasteiger partial charge on any atom is -0.494 e. The number of aliphatic imine (C=N–C) groups is 1. The molecule has 0 aromatic heterocycles. The maximum absolute atomic E-state index is 13.3. The molecule has 0 saturated carbocycles. The Labute approximate surface area is 214 Å². The van der Waals surface area contributed by atoms with Crippen LogP contribution in [0.15, 0.2) is 53.7 Å². The van der Waals surface area contributed by atoms with Crippen molar-refractivity contribution < 1.29 is 18.7 Å². The van der Waals surface area contributed by atoms with Gasteiger partial charge in [0.1, 0.15) is 23.9 Å². The van der Waals surface area contributed by atoms with Gasteiger partial charge >= 0.3 is 0 Å². The molecule has 0 spiro atoms. The van der Waals surface area contributed by atoms with Gasteiger partial charge in [0.05, 0.1) is 13.0 Å². The summed E-state index contributed by atoms with van der Waals surface area (Å²) in [5.74, 6) is 1.08. The van der Waals surface area contributed by atoms with Gasteiger partial charge in [-0.2, -0.15) is 0 Å².